The van der Waals surface area contributed by atoms with Gasteiger partial charge in [0.25, 0.3) is 0 Å². The summed E-state index contributed by atoms with van der Waals surface area (Å²) in [5, 5.41) is 25.3. The Labute approximate surface area is 213 Å². The maximum Gasteiger partial charge on any atom is 0.166 e. The summed E-state index contributed by atoms with van der Waals surface area (Å²) >= 11 is 1.42. The van der Waals surface area contributed by atoms with E-state index in [9.17, 15) is 10.2 Å². The van der Waals surface area contributed by atoms with Crippen molar-refractivity contribution in [1.29, 1.82) is 0 Å². The Morgan fingerprint density at radius 3 is 2.97 bits per heavy atom. The second-order valence-corrected chi connectivity index (χ2v) is 12.2. The van der Waals surface area contributed by atoms with Crippen LogP contribution in [0.15, 0.2) is 35.3 Å². The number of hydrogen-bond donors (Lipinski definition) is 4. The number of amidine groups is 1. The number of rotatable bonds is 3. The molecule has 2 bridgehead atoms. The largest absolute Gasteiger partial charge is 0.504 e. The summed E-state index contributed by atoms with van der Waals surface area (Å²) in [7, 11) is 0. The second-order valence-electron chi connectivity index (χ2n) is 11.3. The number of phenols is 1. The predicted octanol–water partition coefficient (Wildman–Crippen LogP) is 3.88. The minimum Gasteiger partial charge on any atom is -0.504 e. The second kappa shape index (κ2) is 7.00. The highest BCUT2D eigenvalue weighted by molar-refractivity contribution is 8.13. The number of hydrogen-bond acceptors (Lipinski definition) is 6. The number of likely N-dealkylation sites (tertiary alicyclic amines) is 1. The van der Waals surface area contributed by atoms with Crippen LogP contribution in [0.2, 0.25) is 0 Å². The van der Waals surface area contributed by atoms with Crippen LogP contribution in [0.1, 0.15) is 47.8 Å². The van der Waals surface area contributed by atoms with E-state index in [1.165, 1.54) is 30.2 Å². The molecule has 1 saturated carbocycles. The van der Waals surface area contributed by atoms with Gasteiger partial charge in [-0.3, -0.25) is 4.90 Å². The Kier molecular flexibility index (Phi) is 4.16. The minimum absolute atomic E-state index is 0.0207. The van der Waals surface area contributed by atoms with Crippen molar-refractivity contribution in [2.45, 2.75) is 55.3 Å². The summed E-state index contributed by atoms with van der Waals surface area (Å²) < 4.78 is 6.66. The molecule has 0 radical (unpaired) electrons. The number of nitrogens with one attached hydrogen (secondary N) is 1. The van der Waals surface area contributed by atoms with E-state index in [4.69, 9.17) is 10.5 Å². The fraction of sp³-hybridized carbons (Fsp3) is 0.464. The molecule has 1 spiro atoms. The summed E-state index contributed by atoms with van der Waals surface area (Å²) in [5.41, 5.74) is 10.6. The van der Waals surface area contributed by atoms with Gasteiger partial charge in [0.15, 0.2) is 22.8 Å². The van der Waals surface area contributed by atoms with Crippen molar-refractivity contribution >= 4 is 33.5 Å². The van der Waals surface area contributed by atoms with Crippen LogP contribution in [0.3, 0.4) is 0 Å². The lowest BCUT2D eigenvalue weighted by Gasteiger charge is -2.62. The lowest BCUT2D eigenvalue weighted by Crippen LogP contribution is -2.74. The molecule has 1 saturated heterocycles. The molecule has 8 rings (SSSR count). The molecule has 0 amide bonds. The number of piperidine rings is 1. The molecule has 8 heteroatoms. The molecule has 3 aliphatic carbocycles. The van der Waals surface area contributed by atoms with Crippen molar-refractivity contribution in [3.05, 3.63) is 52.7 Å². The molecule has 36 heavy (non-hydrogen) atoms. The predicted molar refractivity (Wildman–Crippen MR) is 141 cm³/mol. The van der Waals surface area contributed by atoms with Crippen LogP contribution in [-0.2, 0) is 18.3 Å². The first-order chi connectivity index (χ1) is 17.4. The average Bonchev–Trinajstić information content (AvgIpc) is 3.51. The number of ether oxygens (including phenoxy) is 1. The number of aromatic nitrogens is 1. The number of phenolic OH excluding ortho intramolecular Hbond substituents is 1. The smallest absolute Gasteiger partial charge is 0.166 e. The van der Waals surface area contributed by atoms with Crippen molar-refractivity contribution in [3.63, 3.8) is 0 Å². The monoisotopic (exact) mass is 502 g/mol. The van der Waals surface area contributed by atoms with E-state index < -0.39 is 11.0 Å². The zero-order chi connectivity index (χ0) is 24.4. The van der Waals surface area contributed by atoms with E-state index in [0.717, 1.165) is 65.3 Å². The number of fused-ring (bicyclic) bond motifs is 4. The van der Waals surface area contributed by atoms with E-state index >= 15 is 0 Å². The van der Waals surface area contributed by atoms with Gasteiger partial charge in [0.2, 0.25) is 0 Å². The number of thioether (sulfide) groups is 1. The van der Waals surface area contributed by atoms with Crippen LogP contribution in [0.25, 0.3) is 10.9 Å². The molecule has 3 heterocycles. The van der Waals surface area contributed by atoms with Gasteiger partial charge in [-0.2, -0.15) is 0 Å². The van der Waals surface area contributed by atoms with Gasteiger partial charge in [-0.1, -0.05) is 17.8 Å². The molecule has 3 aromatic rings. The fourth-order valence-corrected chi connectivity index (χ4v) is 8.05. The maximum absolute atomic E-state index is 12.9. The molecular weight excluding hydrogens is 472 g/mol. The van der Waals surface area contributed by atoms with Crippen LogP contribution in [0.4, 0.5) is 5.69 Å². The third kappa shape index (κ3) is 2.55. The van der Waals surface area contributed by atoms with Gasteiger partial charge in [0, 0.05) is 35.5 Å². The number of nitrogens with zero attached hydrogens (tertiary/aromatic N) is 2. The highest BCUT2D eigenvalue weighted by Crippen LogP contribution is 2.69. The summed E-state index contributed by atoms with van der Waals surface area (Å²) in [5.74, 6) is 1.49. The Morgan fingerprint density at radius 1 is 1.31 bits per heavy atom. The van der Waals surface area contributed by atoms with Crippen molar-refractivity contribution in [2.75, 3.05) is 19.3 Å². The molecular formula is C28H30N4O3S. The molecule has 1 aromatic heterocycles. The zero-order valence-corrected chi connectivity index (χ0v) is 21.1. The highest BCUT2D eigenvalue weighted by atomic mass is 32.2. The van der Waals surface area contributed by atoms with E-state index in [1.807, 2.05) is 18.4 Å². The van der Waals surface area contributed by atoms with Crippen LogP contribution < -0.4 is 10.5 Å². The van der Waals surface area contributed by atoms with Gasteiger partial charge in [-0.05, 0) is 79.8 Å². The summed E-state index contributed by atoms with van der Waals surface area (Å²) in [6, 6.07) is 9.92. The van der Waals surface area contributed by atoms with Gasteiger partial charge in [-0.25, -0.2) is 4.99 Å². The average molecular weight is 503 g/mol. The van der Waals surface area contributed by atoms with Crippen molar-refractivity contribution in [1.82, 2.24) is 9.88 Å². The van der Waals surface area contributed by atoms with Crippen LogP contribution in [0, 0.1) is 5.92 Å². The summed E-state index contributed by atoms with van der Waals surface area (Å²) in [6.45, 7) is 2.00. The number of aliphatic imine (C=N–C) groups is 1. The number of aromatic amines is 1. The SMILES string of the molecule is CSC(N)=Nc1ccc2[nH]c3c(c2c1)C[C@@]1(O)C2Cc4ccc(O)c5c4[C@@]1(CCN2CC1CC1)[C@H]3O5. The molecule has 186 valence electrons. The van der Waals surface area contributed by atoms with Gasteiger partial charge in [0.1, 0.15) is 0 Å². The highest BCUT2D eigenvalue weighted by Gasteiger charge is 2.72. The Morgan fingerprint density at radius 2 is 2.17 bits per heavy atom. The molecule has 2 fully saturated rings. The molecule has 5 N–H and O–H groups in total. The molecule has 4 atom stereocenters. The third-order valence-electron chi connectivity index (χ3n) is 9.59. The normalized spacial score (nSPS) is 32.3. The minimum atomic E-state index is -0.990. The quantitative estimate of drug-likeness (QED) is 0.320. The maximum atomic E-state index is 12.9. The van der Waals surface area contributed by atoms with Crippen molar-refractivity contribution in [3.8, 4) is 11.5 Å². The zero-order valence-electron chi connectivity index (χ0n) is 20.3. The van der Waals surface area contributed by atoms with Crippen molar-refractivity contribution in [2.24, 2.45) is 16.6 Å². The number of nitrogens with two attached hydrogens (primary N) is 1. The number of benzene rings is 2. The van der Waals surface area contributed by atoms with Gasteiger partial charge in [0.05, 0.1) is 22.4 Å². The van der Waals surface area contributed by atoms with Gasteiger partial charge in [-0.15, -0.1) is 0 Å². The topological polar surface area (TPSA) is 107 Å². The van der Waals surface area contributed by atoms with E-state index in [1.54, 1.807) is 6.07 Å². The van der Waals surface area contributed by atoms with E-state index in [0.29, 0.717) is 17.3 Å². The number of aromatic hydroxyl groups is 1. The lowest BCUT2D eigenvalue weighted by molar-refractivity contribution is -0.173. The third-order valence-corrected chi connectivity index (χ3v) is 10.1. The molecule has 5 aliphatic rings. The molecule has 1 unspecified atom stereocenters. The first kappa shape index (κ1) is 21.4. The van der Waals surface area contributed by atoms with Crippen molar-refractivity contribution < 1.29 is 14.9 Å². The lowest BCUT2D eigenvalue weighted by atomic mass is 9.49. The van der Waals surface area contributed by atoms with Crippen LogP contribution >= 0.6 is 11.8 Å². The number of aliphatic hydroxyl groups is 1. The van der Waals surface area contributed by atoms with E-state index in [-0.39, 0.29) is 17.9 Å². The summed E-state index contributed by atoms with van der Waals surface area (Å²) in [6.07, 6.45) is 6.28. The Bertz CT molecular complexity index is 1480. The molecule has 2 aromatic carbocycles. The Hall–Kier alpha value is -2.68. The van der Waals surface area contributed by atoms with Gasteiger partial charge >= 0.3 is 0 Å². The first-order valence-corrected chi connectivity index (χ1v) is 14.2. The standard InChI is InChI=1S/C28H30N4O3S/c1-36-26(29)30-16-5-6-19-17(11-16)18-12-28(34)21-10-15-4-7-20(33)24-22(15)27(28,25(35-24)23(18)31-19)8-9-32(21)13-14-2-3-14/h4-7,11,14,21,25,31,33-34H,2-3,8-10,12-13H2,1H3,(H2,29,30)/t21?,25-,27-,28+/m0/s1. The van der Waals surface area contributed by atoms with Crippen LogP contribution in [-0.4, -0.2) is 56.3 Å². The molecule has 7 nitrogen and oxygen atoms in total. The summed E-state index contributed by atoms with van der Waals surface area (Å²) in [4.78, 5) is 10.8. The fourth-order valence-electron chi connectivity index (χ4n) is 7.85. The Balaban J connectivity index is 1.36. The van der Waals surface area contributed by atoms with E-state index in [2.05, 4.69) is 27.0 Å². The molecule has 2 aliphatic heterocycles. The number of H-pyrrole nitrogens is 1. The first-order valence-electron chi connectivity index (χ1n) is 12.9. The van der Waals surface area contributed by atoms with Gasteiger partial charge < -0.3 is 25.7 Å². The van der Waals surface area contributed by atoms with Crippen LogP contribution in [0.5, 0.6) is 11.5 Å².